The van der Waals surface area contributed by atoms with Gasteiger partial charge in [0.15, 0.2) is 0 Å². The molecule has 6 nitrogen and oxygen atoms in total. The van der Waals surface area contributed by atoms with Gasteiger partial charge < -0.3 is 15.0 Å². The third kappa shape index (κ3) is 4.12. The van der Waals surface area contributed by atoms with Gasteiger partial charge in [0.25, 0.3) is 0 Å². The molecule has 0 bridgehead atoms. The van der Waals surface area contributed by atoms with Gasteiger partial charge in [-0.3, -0.25) is 9.69 Å². The van der Waals surface area contributed by atoms with Gasteiger partial charge in [-0.05, 0) is 50.6 Å². The minimum atomic E-state index is -0.510. The number of nitrogens with zero attached hydrogens (tertiary/aromatic N) is 3. The number of carbonyl (C=O) groups is 1. The fraction of sp³-hybridized carbons (Fsp3) is 0.765. The van der Waals surface area contributed by atoms with E-state index < -0.39 is 6.10 Å². The number of nitrogens with one attached hydrogen (secondary N) is 1. The zero-order valence-electron chi connectivity index (χ0n) is 13.9. The molecule has 6 heteroatoms. The molecule has 0 radical (unpaired) electrons. The predicted octanol–water partition coefficient (Wildman–Crippen LogP) is 1.08. The molecule has 2 aliphatic rings. The first-order chi connectivity index (χ1) is 11.1. The Morgan fingerprint density at radius 3 is 2.70 bits per heavy atom. The minimum absolute atomic E-state index is 0.139. The highest BCUT2D eigenvalue weighted by Crippen LogP contribution is 2.29. The summed E-state index contributed by atoms with van der Waals surface area (Å²) in [7, 11) is 1.91. The number of aromatic nitrogens is 2. The Bertz CT molecular complexity index is 518. The second-order valence-electron chi connectivity index (χ2n) is 7.06. The van der Waals surface area contributed by atoms with Crippen molar-refractivity contribution in [3.63, 3.8) is 0 Å². The van der Waals surface area contributed by atoms with Crippen molar-refractivity contribution in [3.8, 4) is 0 Å². The molecule has 1 atom stereocenters. The van der Waals surface area contributed by atoms with Crippen LogP contribution >= 0.6 is 0 Å². The zero-order chi connectivity index (χ0) is 16.2. The number of hydrogen-bond acceptors (Lipinski definition) is 4. The predicted molar refractivity (Wildman–Crippen MR) is 87.7 cm³/mol. The lowest BCUT2D eigenvalue weighted by atomic mass is 9.85. The van der Waals surface area contributed by atoms with Gasteiger partial charge in [0, 0.05) is 26.0 Å². The quantitative estimate of drug-likeness (QED) is 0.823. The molecule has 1 unspecified atom stereocenters. The number of aliphatic hydroxyl groups is 1. The first-order valence-electron chi connectivity index (χ1n) is 8.78. The molecule has 1 aliphatic carbocycles. The van der Waals surface area contributed by atoms with E-state index in [0.29, 0.717) is 12.5 Å². The molecule has 1 aromatic rings. The molecule has 0 spiro atoms. The summed E-state index contributed by atoms with van der Waals surface area (Å²) in [6.07, 6.45) is 8.72. The maximum absolute atomic E-state index is 12.0. The molecular formula is C17H28N4O2. The first-order valence-corrected chi connectivity index (χ1v) is 8.78. The van der Waals surface area contributed by atoms with Crippen molar-refractivity contribution in [1.82, 2.24) is 19.8 Å². The smallest absolute Gasteiger partial charge is 0.234 e. The van der Waals surface area contributed by atoms with E-state index >= 15 is 0 Å². The van der Waals surface area contributed by atoms with Crippen LogP contribution in [0.4, 0.5) is 0 Å². The Hall–Kier alpha value is -1.40. The van der Waals surface area contributed by atoms with E-state index in [9.17, 15) is 9.90 Å². The Labute approximate surface area is 137 Å². The number of carbonyl (C=O) groups excluding carboxylic acids is 1. The molecule has 1 saturated carbocycles. The van der Waals surface area contributed by atoms with Gasteiger partial charge in [0.05, 0.1) is 6.54 Å². The highest BCUT2D eigenvalue weighted by atomic mass is 16.3. The topological polar surface area (TPSA) is 70.4 Å². The molecule has 0 aromatic carbocycles. The lowest BCUT2D eigenvalue weighted by molar-refractivity contribution is -0.123. The van der Waals surface area contributed by atoms with E-state index in [0.717, 1.165) is 38.3 Å². The largest absolute Gasteiger partial charge is 0.385 e. The Balaban J connectivity index is 1.39. The molecule has 2 heterocycles. The average Bonchev–Trinajstić information content (AvgIpc) is 2.92. The Morgan fingerprint density at radius 1 is 1.39 bits per heavy atom. The van der Waals surface area contributed by atoms with Gasteiger partial charge in [-0.1, -0.05) is 6.42 Å². The average molecular weight is 320 g/mol. The second-order valence-corrected chi connectivity index (χ2v) is 7.06. The molecule has 3 rings (SSSR count). The van der Waals surface area contributed by atoms with Crippen LogP contribution in [0, 0.1) is 11.8 Å². The fourth-order valence-corrected chi connectivity index (χ4v) is 3.51. The number of aryl methyl sites for hydroxylation is 1. The second kappa shape index (κ2) is 7.45. The number of piperidine rings is 1. The lowest BCUT2D eigenvalue weighted by Crippen LogP contribution is -2.43. The maximum Gasteiger partial charge on any atom is 0.234 e. The van der Waals surface area contributed by atoms with Crippen molar-refractivity contribution in [2.75, 3.05) is 26.2 Å². The van der Waals surface area contributed by atoms with Crippen molar-refractivity contribution >= 4 is 5.91 Å². The SMILES string of the molecule is Cn1ccnc1C(O)C1CCN(CC(=O)NCC2CCC2)CC1. The fourth-order valence-electron chi connectivity index (χ4n) is 3.51. The van der Waals surface area contributed by atoms with Crippen molar-refractivity contribution in [2.24, 2.45) is 18.9 Å². The standard InChI is InChI=1S/C17H28N4O2/c1-20-10-7-18-17(20)16(23)14-5-8-21(9-6-14)12-15(22)19-11-13-3-2-4-13/h7,10,13-14,16,23H,2-6,8-9,11-12H2,1H3,(H,19,22). The van der Waals surface area contributed by atoms with Crippen LogP contribution in [0.2, 0.25) is 0 Å². The maximum atomic E-state index is 12.0. The minimum Gasteiger partial charge on any atom is -0.385 e. The van der Waals surface area contributed by atoms with Crippen LogP contribution in [0.15, 0.2) is 12.4 Å². The van der Waals surface area contributed by atoms with Gasteiger partial charge in [-0.25, -0.2) is 4.98 Å². The van der Waals surface area contributed by atoms with Crippen molar-refractivity contribution in [1.29, 1.82) is 0 Å². The van der Waals surface area contributed by atoms with E-state index in [2.05, 4.69) is 15.2 Å². The van der Waals surface area contributed by atoms with Crippen LogP contribution < -0.4 is 5.32 Å². The Kier molecular flexibility index (Phi) is 5.33. The number of likely N-dealkylation sites (tertiary alicyclic amines) is 1. The van der Waals surface area contributed by atoms with E-state index in [-0.39, 0.29) is 11.8 Å². The highest BCUT2D eigenvalue weighted by molar-refractivity contribution is 5.78. The summed E-state index contributed by atoms with van der Waals surface area (Å²) < 4.78 is 1.88. The van der Waals surface area contributed by atoms with E-state index in [1.807, 2.05) is 17.8 Å². The highest BCUT2D eigenvalue weighted by Gasteiger charge is 2.29. The van der Waals surface area contributed by atoms with Gasteiger partial charge in [-0.15, -0.1) is 0 Å². The molecular weight excluding hydrogens is 292 g/mol. The first kappa shape index (κ1) is 16.5. The van der Waals surface area contributed by atoms with Crippen molar-refractivity contribution < 1.29 is 9.90 Å². The number of hydrogen-bond donors (Lipinski definition) is 2. The summed E-state index contributed by atoms with van der Waals surface area (Å²) in [5, 5.41) is 13.5. The van der Waals surface area contributed by atoms with Gasteiger partial charge in [0.1, 0.15) is 11.9 Å². The number of rotatable bonds is 6. The third-order valence-corrected chi connectivity index (χ3v) is 5.38. The molecule has 2 N–H and O–H groups in total. The zero-order valence-corrected chi connectivity index (χ0v) is 13.9. The monoisotopic (exact) mass is 320 g/mol. The number of aliphatic hydroxyl groups excluding tert-OH is 1. The summed E-state index contributed by atoms with van der Waals surface area (Å²) in [5.74, 6) is 1.81. The number of imidazole rings is 1. The van der Waals surface area contributed by atoms with Crippen molar-refractivity contribution in [3.05, 3.63) is 18.2 Å². The summed E-state index contributed by atoms with van der Waals surface area (Å²) in [5.41, 5.74) is 0. The van der Waals surface area contributed by atoms with Crippen LogP contribution in [-0.4, -0.2) is 51.6 Å². The van der Waals surface area contributed by atoms with Gasteiger partial charge >= 0.3 is 0 Å². The molecule has 1 amide bonds. The molecule has 1 aliphatic heterocycles. The van der Waals surface area contributed by atoms with Crippen LogP contribution in [0.1, 0.15) is 44.0 Å². The number of amides is 1. The summed E-state index contributed by atoms with van der Waals surface area (Å²) >= 11 is 0. The van der Waals surface area contributed by atoms with E-state index in [1.165, 1.54) is 19.3 Å². The van der Waals surface area contributed by atoms with E-state index in [1.54, 1.807) is 6.20 Å². The van der Waals surface area contributed by atoms with Gasteiger partial charge in [0.2, 0.25) is 5.91 Å². The molecule has 1 saturated heterocycles. The third-order valence-electron chi connectivity index (χ3n) is 5.38. The van der Waals surface area contributed by atoms with Gasteiger partial charge in [-0.2, -0.15) is 0 Å². The molecule has 23 heavy (non-hydrogen) atoms. The molecule has 2 fully saturated rings. The summed E-state index contributed by atoms with van der Waals surface area (Å²) in [6.45, 7) is 3.05. The summed E-state index contributed by atoms with van der Waals surface area (Å²) in [6, 6.07) is 0. The van der Waals surface area contributed by atoms with Crippen LogP contribution in [0.5, 0.6) is 0 Å². The van der Waals surface area contributed by atoms with Crippen LogP contribution in [-0.2, 0) is 11.8 Å². The van der Waals surface area contributed by atoms with Crippen molar-refractivity contribution in [2.45, 2.75) is 38.2 Å². The molecule has 1 aromatic heterocycles. The summed E-state index contributed by atoms with van der Waals surface area (Å²) in [4.78, 5) is 18.4. The van der Waals surface area contributed by atoms with E-state index in [4.69, 9.17) is 0 Å². The van der Waals surface area contributed by atoms with Crippen LogP contribution in [0.25, 0.3) is 0 Å². The normalized spacial score (nSPS) is 21.8. The Morgan fingerprint density at radius 2 is 2.13 bits per heavy atom. The lowest BCUT2D eigenvalue weighted by Gasteiger charge is -2.33. The molecule has 128 valence electrons. The van der Waals surface area contributed by atoms with Crippen LogP contribution in [0.3, 0.4) is 0 Å².